The Morgan fingerprint density at radius 3 is 2.36 bits per heavy atom. The lowest BCUT2D eigenvalue weighted by Gasteiger charge is -2.19. The molecule has 1 aromatic rings. The highest BCUT2D eigenvalue weighted by molar-refractivity contribution is 7.85. The maximum atomic E-state index is 12.2. The van der Waals surface area contributed by atoms with Gasteiger partial charge in [0.05, 0.1) is 4.90 Å². The fraction of sp³-hybridized carbons (Fsp3) is 0.412. The quantitative estimate of drug-likeness (QED) is 0.395. The van der Waals surface area contributed by atoms with E-state index in [4.69, 9.17) is 4.55 Å². The fourth-order valence-corrected chi connectivity index (χ4v) is 2.60. The molecule has 0 aliphatic carbocycles. The van der Waals surface area contributed by atoms with E-state index in [1.165, 1.54) is 24.3 Å². The van der Waals surface area contributed by atoms with Crippen LogP contribution in [0.1, 0.15) is 33.1 Å². The Morgan fingerprint density at radius 2 is 1.88 bits per heavy atom. The number of anilines is 1. The molecule has 0 heterocycles. The van der Waals surface area contributed by atoms with Crippen LogP contribution in [0.25, 0.3) is 0 Å². The van der Waals surface area contributed by atoms with Crippen molar-refractivity contribution in [2.24, 2.45) is 0 Å². The zero-order valence-electron chi connectivity index (χ0n) is 14.4. The van der Waals surface area contributed by atoms with Gasteiger partial charge in [-0.1, -0.05) is 20.3 Å². The molecular weight excluding hydrogens is 342 g/mol. The standard InChI is InChI=1S/C17H23N3O4S/c1-3-5-11-20(10-4-2)13-14(12-18)17(21)19-15-6-8-16(9-7-15)25(22,23)24/h6-9,13H,3-5,10-11H2,1-2H3,(H,19,21)(H,22,23,24)/b14-13-. The highest BCUT2D eigenvalue weighted by Crippen LogP contribution is 2.14. The Balaban J connectivity index is 2.88. The molecule has 0 saturated heterocycles. The van der Waals surface area contributed by atoms with Crippen LogP contribution < -0.4 is 5.32 Å². The SMILES string of the molecule is CCCCN(/C=C(/C#N)C(=O)Nc1ccc(S(=O)(=O)O)cc1)CCC. The van der Waals surface area contributed by atoms with Crippen molar-refractivity contribution < 1.29 is 17.8 Å². The van der Waals surface area contributed by atoms with Gasteiger partial charge < -0.3 is 10.2 Å². The normalized spacial score (nSPS) is 11.7. The smallest absolute Gasteiger partial charge is 0.294 e. The number of amides is 1. The first-order valence-electron chi connectivity index (χ1n) is 8.06. The number of hydrogen-bond donors (Lipinski definition) is 2. The van der Waals surface area contributed by atoms with Gasteiger partial charge in [-0.25, -0.2) is 0 Å². The second-order valence-electron chi connectivity index (χ2n) is 5.50. The number of carbonyl (C=O) groups is 1. The maximum absolute atomic E-state index is 12.2. The van der Waals surface area contributed by atoms with Crippen LogP contribution in [-0.4, -0.2) is 36.9 Å². The van der Waals surface area contributed by atoms with Crippen molar-refractivity contribution in [1.82, 2.24) is 4.90 Å². The van der Waals surface area contributed by atoms with Crippen LogP contribution in [0.15, 0.2) is 40.9 Å². The van der Waals surface area contributed by atoms with E-state index < -0.39 is 16.0 Å². The summed E-state index contributed by atoms with van der Waals surface area (Å²) >= 11 is 0. The minimum atomic E-state index is -4.28. The van der Waals surface area contributed by atoms with Crippen LogP contribution in [0.5, 0.6) is 0 Å². The van der Waals surface area contributed by atoms with E-state index in [0.29, 0.717) is 5.69 Å². The van der Waals surface area contributed by atoms with E-state index in [-0.39, 0.29) is 10.5 Å². The summed E-state index contributed by atoms with van der Waals surface area (Å²) < 4.78 is 30.9. The molecule has 0 aliphatic heterocycles. The largest absolute Gasteiger partial charge is 0.376 e. The van der Waals surface area contributed by atoms with E-state index in [1.807, 2.05) is 17.9 Å². The molecule has 0 unspecified atom stereocenters. The Hall–Kier alpha value is -2.37. The molecule has 0 bridgehead atoms. The highest BCUT2D eigenvalue weighted by Gasteiger charge is 2.13. The molecule has 136 valence electrons. The Labute approximate surface area is 148 Å². The highest BCUT2D eigenvalue weighted by atomic mass is 32.2. The summed E-state index contributed by atoms with van der Waals surface area (Å²) in [6.45, 7) is 5.62. The summed E-state index contributed by atoms with van der Waals surface area (Å²) in [4.78, 5) is 13.9. The van der Waals surface area contributed by atoms with Crippen molar-refractivity contribution in [1.29, 1.82) is 5.26 Å². The lowest BCUT2D eigenvalue weighted by atomic mass is 10.2. The number of nitriles is 1. The summed E-state index contributed by atoms with van der Waals surface area (Å²) in [5.74, 6) is -0.570. The number of benzene rings is 1. The van der Waals surface area contributed by atoms with Crippen molar-refractivity contribution in [2.45, 2.75) is 38.0 Å². The maximum Gasteiger partial charge on any atom is 0.294 e. The summed E-state index contributed by atoms with van der Waals surface area (Å²) in [5, 5.41) is 11.8. The minimum Gasteiger partial charge on any atom is -0.376 e. The van der Waals surface area contributed by atoms with Crippen molar-refractivity contribution >= 4 is 21.7 Å². The van der Waals surface area contributed by atoms with Gasteiger partial charge in [0.25, 0.3) is 16.0 Å². The van der Waals surface area contributed by atoms with Gasteiger partial charge in [-0.05, 0) is 37.1 Å². The molecule has 1 aromatic carbocycles. The van der Waals surface area contributed by atoms with Crippen molar-refractivity contribution in [2.75, 3.05) is 18.4 Å². The van der Waals surface area contributed by atoms with E-state index in [1.54, 1.807) is 6.20 Å². The van der Waals surface area contributed by atoms with E-state index in [9.17, 15) is 18.5 Å². The van der Waals surface area contributed by atoms with E-state index >= 15 is 0 Å². The lowest BCUT2D eigenvalue weighted by Crippen LogP contribution is -2.23. The number of rotatable bonds is 9. The van der Waals surface area contributed by atoms with E-state index in [2.05, 4.69) is 12.2 Å². The molecule has 25 heavy (non-hydrogen) atoms. The van der Waals surface area contributed by atoms with Gasteiger partial charge in [-0.3, -0.25) is 9.35 Å². The summed E-state index contributed by atoms with van der Waals surface area (Å²) in [6, 6.07) is 6.93. The minimum absolute atomic E-state index is 0.0246. The number of nitrogens with one attached hydrogen (secondary N) is 1. The third-order valence-corrected chi connectivity index (χ3v) is 4.26. The fourth-order valence-electron chi connectivity index (χ4n) is 2.12. The zero-order valence-corrected chi connectivity index (χ0v) is 15.2. The molecule has 0 fully saturated rings. The van der Waals surface area contributed by atoms with Gasteiger partial charge in [-0.15, -0.1) is 0 Å². The summed E-state index contributed by atoms with van der Waals surface area (Å²) in [6.07, 6.45) is 4.44. The molecule has 0 aromatic heterocycles. The molecule has 0 saturated carbocycles. The van der Waals surface area contributed by atoms with Crippen LogP contribution in [-0.2, 0) is 14.9 Å². The molecule has 1 rings (SSSR count). The first-order chi connectivity index (χ1) is 11.8. The van der Waals surface area contributed by atoms with Gasteiger partial charge in [0.1, 0.15) is 11.6 Å². The Morgan fingerprint density at radius 1 is 1.24 bits per heavy atom. The number of carbonyl (C=O) groups excluding carboxylic acids is 1. The average molecular weight is 365 g/mol. The third-order valence-electron chi connectivity index (χ3n) is 3.40. The molecule has 2 N–H and O–H groups in total. The molecule has 1 amide bonds. The predicted molar refractivity (Wildman–Crippen MR) is 95.4 cm³/mol. The second-order valence-corrected chi connectivity index (χ2v) is 6.92. The van der Waals surface area contributed by atoms with Crippen LogP contribution in [0.2, 0.25) is 0 Å². The first kappa shape index (κ1) is 20.7. The number of unbranched alkanes of at least 4 members (excludes halogenated alkanes) is 1. The monoisotopic (exact) mass is 365 g/mol. The molecule has 7 nitrogen and oxygen atoms in total. The Kier molecular flexibility index (Phi) is 8.11. The average Bonchev–Trinajstić information content (AvgIpc) is 2.56. The van der Waals surface area contributed by atoms with Gasteiger partial charge in [-0.2, -0.15) is 13.7 Å². The zero-order chi connectivity index (χ0) is 18.9. The summed E-state index contributed by atoms with van der Waals surface area (Å²) in [7, 11) is -4.28. The van der Waals surface area contributed by atoms with Gasteiger partial charge in [0.2, 0.25) is 0 Å². The molecule has 0 aliphatic rings. The number of hydrogen-bond acceptors (Lipinski definition) is 5. The first-order valence-corrected chi connectivity index (χ1v) is 9.50. The molecular formula is C17H23N3O4S. The lowest BCUT2D eigenvalue weighted by molar-refractivity contribution is -0.112. The van der Waals surface area contributed by atoms with Crippen molar-refractivity contribution in [3.05, 3.63) is 36.0 Å². The molecule has 0 atom stereocenters. The van der Waals surface area contributed by atoms with Gasteiger partial charge in [0.15, 0.2) is 0 Å². The van der Waals surface area contributed by atoms with Gasteiger partial charge >= 0.3 is 0 Å². The number of nitrogens with zero attached hydrogens (tertiary/aromatic N) is 2. The van der Waals surface area contributed by atoms with Crippen LogP contribution in [0.3, 0.4) is 0 Å². The Bertz CT molecular complexity index is 749. The van der Waals surface area contributed by atoms with Gasteiger partial charge in [0, 0.05) is 25.0 Å². The third kappa shape index (κ3) is 6.95. The molecule has 8 heteroatoms. The molecule has 0 radical (unpaired) electrons. The van der Waals surface area contributed by atoms with Crippen LogP contribution in [0.4, 0.5) is 5.69 Å². The predicted octanol–water partition coefficient (Wildman–Crippen LogP) is 2.79. The topological polar surface area (TPSA) is 111 Å². The van der Waals surface area contributed by atoms with E-state index in [0.717, 1.165) is 32.4 Å². The molecule has 0 spiro atoms. The second kappa shape index (κ2) is 9.81. The van der Waals surface area contributed by atoms with Crippen molar-refractivity contribution in [3.8, 4) is 6.07 Å². The summed E-state index contributed by atoms with van der Waals surface area (Å²) in [5.41, 5.74) is 0.303. The van der Waals surface area contributed by atoms with Crippen LogP contribution >= 0.6 is 0 Å². The van der Waals surface area contributed by atoms with Crippen molar-refractivity contribution in [3.63, 3.8) is 0 Å². The van der Waals surface area contributed by atoms with Crippen LogP contribution in [0, 0.1) is 11.3 Å².